The van der Waals surface area contributed by atoms with Gasteiger partial charge in [-0.05, 0) is 38.8 Å². The van der Waals surface area contributed by atoms with E-state index in [0.717, 1.165) is 62.6 Å². The van der Waals surface area contributed by atoms with Crippen molar-refractivity contribution in [2.75, 3.05) is 19.6 Å². The minimum atomic E-state index is 0.0131. The van der Waals surface area contributed by atoms with Gasteiger partial charge in [-0.3, -0.25) is 14.4 Å². The average Bonchev–Trinajstić information content (AvgIpc) is 3.15. The zero-order valence-corrected chi connectivity index (χ0v) is 14.8. The van der Waals surface area contributed by atoms with Crippen LogP contribution in [0.25, 0.3) is 0 Å². The summed E-state index contributed by atoms with van der Waals surface area (Å²) in [6.07, 6.45) is 3.27. The molecule has 7 heteroatoms. The molecule has 6 nitrogen and oxygen atoms in total. The van der Waals surface area contributed by atoms with Crippen molar-refractivity contribution in [3.8, 4) is 0 Å². The van der Waals surface area contributed by atoms with Crippen molar-refractivity contribution in [2.24, 2.45) is 0 Å². The number of hydrogen-bond acceptors (Lipinski definition) is 5. The highest BCUT2D eigenvalue weighted by molar-refractivity contribution is 7.09. The molecule has 1 saturated heterocycles. The molecule has 2 aromatic heterocycles. The second-order valence-corrected chi connectivity index (χ2v) is 7.66. The van der Waals surface area contributed by atoms with Crippen molar-refractivity contribution in [1.82, 2.24) is 25.0 Å². The zero-order chi connectivity index (χ0) is 16.5. The lowest BCUT2D eigenvalue weighted by Crippen LogP contribution is -2.34. The van der Waals surface area contributed by atoms with Gasteiger partial charge in [0.2, 0.25) is 0 Å². The number of fused-ring (bicyclic) bond motifs is 1. The SMILES string of the molecule is Cc1ncsc1CN1CCCC(c2cc3n(n2)CCCNC3=O)C1. The highest BCUT2D eigenvalue weighted by atomic mass is 32.1. The number of carbonyl (C=O) groups is 1. The van der Waals surface area contributed by atoms with Crippen molar-refractivity contribution in [3.05, 3.63) is 33.5 Å². The molecule has 0 aromatic carbocycles. The van der Waals surface area contributed by atoms with Crippen LogP contribution in [0.2, 0.25) is 0 Å². The van der Waals surface area contributed by atoms with E-state index in [-0.39, 0.29) is 5.91 Å². The first-order valence-electron chi connectivity index (χ1n) is 8.68. The molecule has 0 spiro atoms. The van der Waals surface area contributed by atoms with Crippen LogP contribution in [-0.2, 0) is 13.1 Å². The third-order valence-electron chi connectivity index (χ3n) is 5.00. The van der Waals surface area contributed by atoms with Crippen LogP contribution < -0.4 is 5.32 Å². The van der Waals surface area contributed by atoms with Gasteiger partial charge in [-0.2, -0.15) is 5.10 Å². The first kappa shape index (κ1) is 15.8. The van der Waals surface area contributed by atoms with Gasteiger partial charge in [0.25, 0.3) is 5.91 Å². The molecule has 0 bridgehead atoms. The fourth-order valence-electron chi connectivity index (χ4n) is 3.63. The zero-order valence-electron chi connectivity index (χ0n) is 14.0. The van der Waals surface area contributed by atoms with Crippen LogP contribution in [-0.4, -0.2) is 45.2 Å². The largest absolute Gasteiger partial charge is 0.351 e. The van der Waals surface area contributed by atoms with Gasteiger partial charge in [-0.15, -0.1) is 11.3 Å². The number of rotatable bonds is 3. The number of hydrogen-bond donors (Lipinski definition) is 1. The highest BCUT2D eigenvalue weighted by Crippen LogP contribution is 2.28. The summed E-state index contributed by atoms with van der Waals surface area (Å²) >= 11 is 1.74. The molecule has 1 unspecified atom stereocenters. The molecule has 4 heterocycles. The molecule has 2 aromatic rings. The summed E-state index contributed by atoms with van der Waals surface area (Å²) in [7, 11) is 0. The van der Waals surface area contributed by atoms with Crippen LogP contribution >= 0.6 is 11.3 Å². The fraction of sp³-hybridized carbons (Fsp3) is 0.588. The van der Waals surface area contributed by atoms with E-state index in [1.165, 1.54) is 11.3 Å². The lowest BCUT2D eigenvalue weighted by atomic mass is 9.94. The van der Waals surface area contributed by atoms with E-state index in [2.05, 4.69) is 22.1 Å². The molecule has 2 aliphatic rings. The van der Waals surface area contributed by atoms with Gasteiger partial charge in [0, 0.05) is 37.0 Å². The molecular weight excluding hydrogens is 322 g/mol. The molecule has 1 atom stereocenters. The summed E-state index contributed by atoms with van der Waals surface area (Å²) in [5, 5.41) is 7.70. The van der Waals surface area contributed by atoms with E-state index in [9.17, 15) is 4.79 Å². The number of amides is 1. The predicted molar refractivity (Wildman–Crippen MR) is 93.3 cm³/mol. The highest BCUT2D eigenvalue weighted by Gasteiger charge is 2.27. The van der Waals surface area contributed by atoms with Crippen molar-refractivity contribution in [3.63, 3.8) is 0 Å². The van der Waals surface area contributed by atoms with Gasteiger partial charge in [-0.1, -0.05) is 0 Å². The maximum atomic E-state index is 12.1. The van der Waals surface area contributed by atoms with Gasteiger partial charge < -0.3 is 5.32 Å². The first-order chi connectivity index (χ1) is 11.7. The minimum absolute atomic E-state index is 0.0131. The molecule has 1 N–H and O–H groups in total. The Morgan fingerprint density at radius 3 is 3.12 bits per heavy atom. The number of nitrogens with one attached hydrogen (secondary N) is 1. The number of piperidine rings is 1. The number of nitrogens with zero attached hydrogens (tertiary/aromatic N) is 4. The molecule has 1 fully saturated rings. The van der Waals surface area contributed by atoms with Crippen LogP contribution in [0.5, 0.6) is 0 Å². The summed E-state index contributed by atoms with van der Waals surface area (Å²) in [6, 6.07) is 2.01. The van der Waals surface area contributed by atoms with Crippen molar-refractivity contribution < 1.29 is 4.79 Å². The Kier molecular flexibility index (Phi) is 4.37. The molecule has 1 amide bonds. The Hall–Kier alpha value is -1.73. The van der Waals surface area contributed by atoms with Gasteiger partial charge in [-0.25, -0.2) is 4.98 Å². The average molecular weight is 345 g/mol. The van der Waals surface area contributed by atoms with Crippen LogP contribution in [0.15, 0.2) is 11.6 Å². The minimum Gasteiger partial charge on any atom is -0.351 e. The third-order valence-corrected chi connectivity index (χ3v) is 5.92. The molecule has 24 heavy (non-hydrogen) atoms. The van der Waals surface area contributed by atoms with Gasteiger partial charge >= 0.3 is 0 Å². The van der Waals surface area contributed by atoms with Crippen LogP contribution in [0, 0.1) is 6.92 Å². The van der Waals surface area contributed by atoms with E-state index >= 15 is 0 Å². The topological polar surface area (TPSA) is 63.1 Å². The summed E-state index contributed by atoms with van der Waals surface area (Å²) < 4.78 is 1.89. The second kappa shape index (κ2) is 6.64. The van der Waals surface area contributed by atoms with Crippen molar-refractivity contribution in [1.29, 1.82) is 0 Å². The summed E-state index contributed by atoms with van der Waals surface area (Å²) in [4.78, 5) is 20.3. The number of aromatic nitrogens is 3. The number of aryl methyl sites for hydroxylation is 2. The molecule has 0 saturated carbocycles. The van der Waals surface area contributed by atoms with Gasteiger partial charge in [0.1, 0.15) is 5.69 Å². The molecule has 2 aliphatic heterocycles. The number of likely N-dealkylation sites (tertiary alicyclic amines) is 1. The van der Waals surface area contributed by atoms with E-state index in [1.807, 2.05) is 16.3 Å². The molecule has 128 valence electrons. The Morgan fingerprint density at radius 1 is 1.38 bits per heavy atom. The monoisotopic (exact) mass is 345 g/mol. The Morgan fingerprint density at radius 2 is 2.29 bits per heavy atom. The van der Waals surface area contributed by atoms with Crippen molar-refractivity contribution >= 4 is 17.2 Å². The Bertz CT molecular complexity index is 737. The smallest absolute Gasteiger partial charge is 0.269 e. The predicted octanol–water partition coefficient (Wildman–Crippen LogP) is 2.16. The van der Waals surface area contributed by atoms with Crippen LogP contribution in [0.3, 0.4) is 0 Å². The fourth-order valence-corrected chi connectivity index (χ4v) is 4.45. The summed E-state index contributed by atoms with van der Waals surface area (Å²) in [5.41, 5.74) is 4.87. The van der Waals surface area contributed by atoms with E-state index in [4.69, 9.17) is 5.10 Å². The quantitative estimate of drug-likeness (QED) is 0.926. The van der Waals surface area contributed by atoms with E-state index in [1.54, 1.807) is 11.3 Å². The number of thiazole rings is 1. The third kappa shape index (κ3) is 3.10. The molecule has 0 aliphatic carbocycles. The Balaban J connectivity index is 1.49. The number of carbonyl (C=O) groups excluding carboxylic acids is 1. The Labute approximate surface area is 145 Å². The van der Waals surface area contributed by atoms with E-state index in [0.29, 0.717) is 5.92 Å². The molecular formula is C17H23N5OS. The normalized spacial score (nSPS) is 22.0. The van der Waals surface area contributed by atoms with Crippen molar-refractivity contribution in [2.45, 2.75) is 45.2 Å². The summed E-state index contributed by atoms with van der Waals surface area (Å²) in [5.74, 6) is 0.429. The van der Waals surface area contributed by atoms with Crippen LogP contribution in [0.4, 0.5) is 0 Å². The lowest BCUT2D eigenvalue weighted by molar-refractivity contribution is 0.0950. The maximum absolute atomic E-state index is 12.1. The van der Waals surface area contributed by atoms with Gasteiger partial charge in [0.05, 0.1) is 16.9 Å². The second-order valence-electron chi connectivity index (χ2n) is 6.72. The van der Waals surface area contributed by atoms with E-state index < -0.39 is 0 Å². The van der Waals surface area contributed by atoms with Crippen LogP contribution in [0.1, 0.15) is 51.9 Å². The summed E-state index contributed by atoms with van der Waals surface area (Å²) in [6.45, 7) is 6.75. The molecule has 4 rings (SSSR count). The maximum Gasteiger partial charge on any atom is 0.269 e. The van der Waals surface area contributed by atoms with Gasteiger partial charge in [0.15, 0.2) is 0 Å². The molecule has 0 radical (unpaired) electrons. The lowest BCUT2D eigenvalue weighted by Gasteiger charge is -2.31. The standard InChI is InChI=1S/C17H23N5OS/c1-12-16(24-11-19-12)10-21-6-2-4-13(9-21)14-8-15-17(23)18-5-3-7-22(15)20-14/h8,11,13H,2-7,9-10H2,1H3,(H,18,23). The first-order valence-corrected chi connectivity index (χ1v) is 9.56.